The van der Waals surface area contributed by atoms with Gasteiger partial charge in [0.05, 0.1) is 16.7 Å². The summed E-state index contributed by atoms with van der Waals surface area (Å²) in [6, 6.07) is 3.42. The predicted octanol–water partition coefficient (Wildman–Crippen LogP) is 1.61. The molecule has 4 rings (SSSR count). The van der Waals surface area contributed by atoms with Gasteiger partial charge in [0, 0.05) is 38.8 Å². The molecule has 1 fully saturated rings. The number of benzene rings is 1. The Labute approximate surface area is 181 Å². The van der Waals surface area contributed by atoms with Crippen LogP contribution in [0.3, 0.4) is 0 Å². The van der Waals surface area contributed by atoms with Gasteiger partial charge in [0.25, 0.3) is 5.56 Å². The van der Waals surface area contributed by atoms with E-state index >= 15 is 0 Å². The number of fused-ring (bicyclic) bond motifs is 2. The normalized spacial score (nSPS) is 17.1. The number of sulfonamides is 1. The summed E-state index contributed by atoms with van der Waals surface area (Å²) in [4.78, 5) is 20.0. The highest BCUT2D eigenvalue weighted by Crippen LogP contribution is 2.33. The largest absolute Gasteiger partial charge is 0.486 e. The summed E-state index contributed by atoms with van der Waals surface area (Å²) in [5.74, 6) is 1.80. The van der Waals surface area contributed by atoms with Crippen LogP contribution in [0.5, 0.6) is 11.5 Å². The lowest BCUT2D eigenvalue weighted by atomic mass is 10.2. The van der Waals surface area contributed by atoms with Crippen LogP contribution in [0.4, 0.5) is 5.95 Å². The van der Waals surface area contributed by atoms with Crippen LogP contribution in [0.15, 0.2) is 29.6 Å². The molecule has 2 aromatic rings. The first-order valence-corrected chi connectivity index (χ1v) is 12.2. The van der Waals surface area contributed by atoms with E-state index in [0.29, 0.717) is 80.7 Å². The zero-order chi connectivity index (χ0) is 22.0. The summed E-state index contributed by atoms with van der Waals surface area (Å²) in [5.41, 5.74) is 0.345. The number of unbranched alkanes of at least 4 members (excludes halogenated alkanes) is 1. The third kappa shape index (κ3) is 4.27. The lowest BCUT2D eigenvalue weighted by Crippen LogP contribution is -2.50. The minimum absolute atomic E-state index is 0.173. The zero-order valence-electron chi connectivity index (χ0n) is 17.7. The van der Waals surface area contributed by atoms with Crippen LogP contribution in [-0.4, -0.2) is 67.4 Å². The van der Waals surface area contributed by atoms with Crippen molar-refractivity contribution in [2.24, 2.45) is 0 Å². The fraction of sp³-hybridized carbons (Fsp3) is 0.524. The fourth-order valence-corrected chi connectivity index (χ4v) is 5.53. The Hall–Kier alpha value is -2.59. The van der Waals surface area contributed by atoms with E-state index in [4.69, 9.17) is 14.5 Å². The van der Waals surface area contributed by atoms with Gasteiger partial charge in [0.2, 0.25) is 16.0 Å². The van der Waals surface area contributed by atoms with Crippen molar-refractivity contribution in [2.45, 2.75) is 26.3 Å². The SMILES string of the molecule is C=CCn1c(N2CCN(S(=O)(=O)CCCC)CC2)nc2cc3c(cc2c1=O)OCCO3. The first kappa shape index (κ1) is 21.6. The second-order valence-corrected chi connectivity index (χ2v) is 9.77. The van der Waals surface area contributed by atoms with Crippen LogP contribution < -0.4 is 19.9 Å². The summed E-state index contributed by atoms with van der Waals surface area (Å²) in [7, 11) is -3.25. The summed E-state index contributed by atoms with van der Waals surface area (Å²) in [6.45, 7) is 8.61. The van der Waals surface area contributed by atoms with Crippen molar-refractivity contribution < 1.29 is 17.9 Å². The Morgan fingerprint density at radius 2 is 1.81 bits per heavy atom. The van der Waals surface area contributed by atoms with Crippen LogP contribution in [0.2, 0.25) is 0 Å². The van der Waals surface area contributed by atoms with Crippen LogP contribution in [-0.2, 0) is 16.6 Å². The minimum atomic E-state index is -3.25. The number of ether oxygens (including phenoxy) is 2. The molecule has 10 heteroatoms. The smallest absolute Gasteiger partial charge is 0.263 e. The lowest BCUT2D eigenvalue weighted by Gasteiger charge is -2.35. The molecule has 0 radical (unpaired) electrons. The Morgan fingerprint density at radius 3 is 2.45 bits per heavy atom. The first-order chi connectivity index (χ1) is 14.9. The quantitative estimate of drug-likeness (QED) is 0.594. The number of anilines is 1. The van der Waals surface area contributed by atoms with E-state index in [1.807, 2.05) is 11.8 Å². The molecule has 1 aromatic carbocycles. The minimum Gasteiger partial charge on any atom is -0.486 e. The lowest BCUT2D eigenvalue weighted by molar-refractivity contribution is 0.172. The van der Waals surface area contributed by atoms with E-state index in [1.54, 1.807) is 22.8 Å². The molecule has 0 aliphatic carbocycles. The number of nitrogens with zero attached hydrogens (tertiary/aromatic N) is 4. The van der Waals surface area contributed by atoms with Gasteiger partial charge in [-0.2, -0.15) is 4.31 Å². The van der Waals surface area contributed by atoms with E-state index < -0.39 is 10.0 Å². The van der Waals surface area contributed by atoms with Gasteiger partial charge in [-0.3, -0.25) is 9.36 Å². The molecular formula is C21H28N4O5S. The van der Waals surface area contributed by atoms with Crippen molar-refractivity contribution in [2.75, 3.05) is 50.0 Å². The van der Waals surface area contributed by atoms with Crippen LogP contribution in [0, 0.1) is 0 Å². The molecule has 0 N–H and O–H groups in total. The summed E-state index contributed by atoms with van der Waals surface area (Å²) in [5, 5.41) is 0.454. The van der Waals surface area contributed by atoms with E-state index in [2.05, 4.69) is 6.58 Å². The van der Waals surface area contributed by atoms with Crippen LogP contribution in [0.25, 0.3) is 10.9 Å². The van der Waals surface area contributed by atoms with Gasteiger partial charge in [-0.15, -0.1) is 6.58 Å². The van der Waals surface area contributed by atoms with E-state index in [1.165, 1.54) is 4.31 Å². The molecule has 2 aliphatic rings. The molecule has 1 aromatic heterocycles. The van der Waals surface area contributed by atoms with Crippen molar-refractivity contribution in [3.8, 4) is 11.5 Å². The van der Waals surface area contributed by atoms with Gasteiger partial charge in [-0.25, -0.2) is 13.4 Å². The molecule has 2 aliphatic heterocycles. The summed E-state index contributed by atoms with van der Waals surface area (Å²) in [6.07, 6.45) is 3.15. The second kappa shape index (κ2) is 8.88. The maximum Gasteiger partial charge on any atom is 0.263 e. The van der Waals surface area contributed by atoms with E-state index in [9.17, 15) is 13.2 Å². The molecule has 9 nitrogen and oxygen atoms in total. The molecular weight excluding hydrogens is 420 g/mol. The summed E-state index contributed by atoms with van der Waals surface area (Å²) < 4.78 is 39.4. The monoisotopic (exact) mass is 448 g/mol. The molecule has 0 saturated carbocycles. The molecule has 3 heterocycles. The number of hydrogen-bond donors (Lipinski definition) is 0. The van der Waals surface area contributed by atoms with Gasteiger partial charge < -0.3 is 14.4 Å². The third-order valence-corrected chi connectivity index (χ3v) is 7.54. The van der Waals surface area contributed by atoms with Gasteiger partial charge in [0.1, 0.15) is 13.2 Å². The first-order valence-electron chi connectivity index (χ1n) is 10.6. The summed E-state index contributed by atoms with van der Waals surface area (Å²) >= 11 is 0. The average Bonchev–Trinajstić information content (AvgIpc) is 2.78. The highest BCUT2D eigenvalue weighted by Gasteiger charge is 2.29. The number of hydrogen-bond acceptors (Lipinski definition) is 7. The van der Waals surface area contributed by atoms with Crippen molar-refractivity contribution >= 4 is 26.9 Å². The van der Waals surface area contributed by atoms with E-state index in [-0.39, 0.29) is 11.3 Å². The third-order valence-electron chi connectivity index (χ3n) is 5.58. The Bertz CT molecular complexity index is 1140. The molecule has 0 atom stereocenters. The van der Waals surface area contributed by atoms with Gasteiger partial charge in [-0.05, 0) is 12.5 Å². The topological polar surface area (TPSA) is 94.0 Å². The van der Waals surface area contributed by atoms with Crippen molar-refractivity contribution in [3.05, 3.63) is 35.1 Å². The van der Waals surface area contributed by atoms with Crippen molar-refractivity contribution in [1.82, 2.24) is 13.9 Å². The molecule has 0 amide bonds. The molecule has 31 heavy (non-hydrogen) atoms. The van der Waals surface area contributed by atoms with Crippen molar-refractivity contribution in [3.63, 3.8) is 0 Å². The molecule has 0 bridgehead atoms. The molecule has 0 spiro atoms. The van der Waals surface area contributed by atoms with Crippen molar-refractivity contribution in [1.29, 1.82) is 0 Å². The van der Waals surface area contributed by atoms with Gasteiger partial charge in [0.15, 0.2) is 11.5 Å². The molecule has 1 saturated heterocycles. The number of rotatable bonds is 7. The Balaban J connectivity index is 1.66. The molecule has 0 unspecified atom stereocenters. The molecule has 168 valence electrons. The van der Waals surface area contributed by atoms with Crippen LogP contribution in [0.1, 0.15) is 19.8 Å². The maximum absolute atomic E-state index is 13.3. The Kier molecular flexibility index (Phi) is 6.19. The fourth-order valence-electron chi connectivity index (χ4n) is 3.90. The number of allylic oxidation sites excluding steroid dienone is 1. The average molecular weight is 449 g/mol. The maximum atomic E-state index is 13.3. The van der Waals surface area contributed by atoms with Crippen LogP contribution >= 0.6 is 0 Å². The van der Waals surface area contributed by atoms with E-state index in [0.717, 1.165) is 6.42 Å². The van der Waals surface area contributed by atoms with Gasteiger partial charge >= 0.3 is 0 Å². The predicted molar refractivity (Wildman–Crippen MR) is 120 cm³/mol. The number of piperazine rings is 1. The second-order valence-electron chi connectivity index (χ2n) is 7.68. The standard InChI is InChI=1S/C21H28N4O5S/c1-3-5-13-31(27,28)24-9-7-23(8-10-24)21-22-17-15-19-18(29-11-12-30-19)14-16(17)20(26)25(21)6-4-2/h4,14-15H,2-3,5-13H2,1H3. The van der Waals surface area contributed by atoms with Gasteiger partial charge in [-0.1, -0.05) is 19.4 Å². The highest BCUT2D eigenvalue weighted by molar-refractivity contribution is 7.89. The number of aromatic nitrogens is 2. The highest BCUT2D eigenvalue weighted by atomic mass is 32.2. The zero-order valence-corrected chi connectivity index (χ0v) is 18.6. The Morgan fingerprint density at radius 1 is 1.13 bits per heavy atom.